The van der Waals surface area contributed by atoms with Gasteiger partial charge in [0, 0.05) is 12.0 Å². The van der Waals surface area contributed by atoms with Crippen molar-refractivity contribution in [2.75, 3.05) is 6.61 Å². The van der Waals surface area contributed by atoms with Gasteiger partial charge in [-0.3, -0.25) is 0 Å². The maximum atomic E-state index is 5.30. The summed E-state index contributed by atoms with van der Waals surface area (Å²) in [4.78, 5) is 5.72. The number of thiazole rings is 1. The van der Waals surface area contributed by atoms with Crippen molar-refractivity contribution in [3.63, 3.8) is 0 Å². The largest absolute Gasteiger partial charge is 0.375 e. The summed E-state index contributed by atoms with van der Waals surface area (Å²) in [5.41, 5.74) is 1.07. The average molecular weight is 225 g/mol. The first-order valence-electron chi connectivity index (χ1n) is 4.46. The third kappa shape index (κ3) is 2.20. The van der Waals surface area contributed by atoms with E-state index in [4.69, 9.17) is 4.74 Å². The lowest BCUT2D eigenvalue weighted by atomic mass is 10.4. The Balaban J connectivity index is 2.10. The molecule has 2 rings (SSSR count). The highest BCUT2D eigenvalue weighted by molar-refractivity contribution is 7.14. The molecule has 4 heteroatoms. The number of aromatic nitrogens is 1. The van der Waals surface area contributed by atoms with Crippen molar-refractivity contribution in [2.45, 2.75) is 13.5 Å². The molecular formula is C10H11NOS2. The molecule has 0 amide bonds. The van der Waals surface area contributed by atoms with Crippen LogP contribution in [-0.2, 0) is 11.3 Å². The summed E-state index contributed by atoms with van der Waals surface area (Å²) in [5.74, 6) is 0. The second-order valence-electron chi connectivity index (χ2n) is 2.74. The Morgan fingerprint density at radius 2 is 2.36 bits per heavy atom. The zero-order valence-corrected chi connectivity index (χ0v) is 9.53. The molecule has 0 fully saturated rings. The van der Waals surface area contributed by atoms with Crippen molar-refractivity contribution >= 4 is 22.7 Å². The van der Waals surface area contributed by atoms with Gasteiger partial charge in [0.15, 0.2) is 0 Å². The van der Waals surface area contributed by atoms with Gasteiger partial charge in [-0.25, -0.2) is 4.98 Å². The summed E-state index contributed by atoms with van der Waals surface area (Å²) < 4.78 is 5.30. The molecule has 0 N–H and O–H groups in total. The Hall–Kier alpha value is -0.710. The van der Waals surface area contributed by atoms with E-state index in [0.29, 0.717) is 6.61 Å². The summed E-state index contributed by atoms with van der Waals surface area (Å²) in [6, 6.07) is 4.13. The normalized spacial score (nSPS) is 10.6. The fourth-order valence-corrected chi connectivity index (χ4v) is 2.59. The van der Waals surface area contributed by atoms with Gasteiger partial charge in [0.05, 0.1) is 17.2 Å². The van der Waals surface area contributed by atoms with Gasteiger partial charge in [-0.2, -0.15) is 0 Å². The Labute approximate surface area is 91.2 Å². The quantitative estimate of drug-likeness (QED) is 0.795. The highest BCUT2D eigenvalue weighted by Gasteiger charge is 2.04. The Morgan fingerprint density at radius 3 is 3.07 bits per heavy atom. The lowest BCUT2D eigenvalue weighted by Crippen LogP contribution is -1.90. The maximum Gasteiger partial charge on any atom is 0.119 e. The van der Waals surface area contributed by atoms with E-state index < -0.39 is 0 Å². The molecular weight excluding hydrogens is 214 g/mol. The monoisotopic (exact) mass is 225 g/mol. The van der Waals surface area contributed by atoms with Crippen LogP contribution in [0.5, 0.6) is 0 Å². The number of ether oxygens (including phenoxy) is 1. The second kappa shape index (κ2) is 4.68. The van der Waals surface area contributed by atoms with E-state index in [1.54, 1.807) is 22.7 Å². The van der Waals surface area contributed by atoms with Crippen molar-refractivity contribution < 1.29 is 4.74 Å². The van der Waals surface area contributed by atoms with Gasteiger partial charge < -0.3 is 4.74 Å². The first-order chi connectivity index (χ1) is 6.90. The molecule has 2 aromatic heterocycles. The lowest BCUT2D eigenvalue weighted by Gasteiger charge is -1.94. The highest BCUT2D eigenvalue weighted by Crippen LogP contribution is 2.26. The summed E-state index contributed by atoms with van der Waals surface area (Å²) in [6.45, 7) is 3.37. The molecule has 74 valence electrons. The van der Waals surface area contributed by atoms with Crippen LogP contribution in [0.4, 0.5) is 0 Å². The SMILES string of the molecule is CCOCc1nc(-c2cccs2)cs1. The van der Waals surface area contributed by atoms with Crippen LogP contribution in [-0.4, -0.2) is 11.6 Å². The van der Waals surface area contributed by atoms with Gasteiger partial charge in [0.2, 0.25) is 0 Å². The molecule has 0 aliphatic heterocycles. The van der Waals surface area contributed by atoms with Crippen molar-refractivity contribution in [1.29, 1.82) is 0 Å². The van der Waals surface area contributed by atoms with Crippen LogP contribution in [0.15, 0.2) is 22.9 Å². The van der Waals surface area contributed by atoms with E-state index in [9.17, 15) is 0 Å². The summed E-state index contributed by atoms with van der Waals surface area (Å²) in [7, 11) is 0. The third-order valence-corrected chi connectivity index (χ3v) is 3.47. The number of hydrogen-bond acceptors (Lipinski definition) is 4. The van der Waals surface area contributed by atoms with E-state index in [0.717, 1.165) is 17.3 Å². The Kier molecular flexibility index (Phi) is 3.29. The molecule has 0 unspecified atom stereocenters. The first-order valence-corrected chi connectivity index (χ1v) is 6.22. The van der Waals surface area contributed by atoms with Gasteiger partial charge in [-0.15, -0.1) is 22.7 Å². The topological polar surface area (TPSA) is 22.1 Å². The molecule has 0 bridgehead atoms. The molecule has 2 nitrogen and oxygen atoms in total. The zero-order chi connectivity index (χ0) is 9.80. The summed E-state index contributed by atoms with van der Waals surface area (Å²) in [5, 5.41) is 5.20. The predicted molar refractivity (Wildman–Crippen MR) is 60.8 cm³/mol. The number of nitrogens with zero attached hydrogens (tertiary/aromatic N) is 1. The summed E-state index contributed by atoms with van der Waals surface area (Å²) >= 11 is 3.37. The van der Waals surface area contributed by atoms with Gasteiger partial charge in [-0.1, -0.05) is 6.07 Å². The minimum Gasteiger partial charge on any atom is -0.375 e. The molecule has 0 aliphatic rings. The highest BCUT2D eigenvalue weighted by atomic mass is 32.1. The summed E-state index contributed by atoms with van der Waals surface area (Å²) in [6.07, 6.45) is 0. The van der Waals surface area contributed by atoms with Gasteiger partial charge >= 0.3 is 0 Å². The van der Waals surface area contributed by atoms with Crippen LogP contribution >= 0.6 is 22.7 Å². The minimum absolute atomic E-state index is 0.631. The lowest BCUT2D eigenvalue weighted by molar-refractivity contribution is 0.134. The van der Waals surface area contributed by atoms with Crippen molar-refractivity contribution in [2.24, 2.45) is 0 Å². The van der Waals surface area contributed by atoms with Crippen LogP contribution in [0.2, 0.25) is 0 Å². The van der Waals surface area contributed by atoms with Gasteiger partial charge in [-0.05, 0) is 18.4 Å². The Morgan fingerprint density at radius 1 is 1.43 bits per heavy atom. The molecule has 0 radical (unpaired) electrons. The Bertz CT molecular complexity index is 380. The number of hydrogen-bond donors (Lipinski definition) is 0. The predicted octanol–water partition coefficient (Wildman–Crippen LogP) is 3.41. The first kappa shape index (κ1) is 9.83. The molecule has 0 aliphatic carbocycles. The molecule has 0 saturated carbocycles. The molecule has 2 aromatic rings. The molecule has 0 aromatic carbocycles. The van der Waals surface area contributed by atoms with Crippen LogP contribution in [0.1, 0.15) is 11.9 Å². The van der Waals surface area contributed by atoms with Crippen LogP contribution in [0.3, 0.4) is 0 Å². The molecule has 0 atom stereocenters. The minimum atomic E-state index is 0.631. The van der Waals surface area contributed by atoms with Gasteiger partial charge in [0.25, 0.3) is 0 Å². The fraction of sp³-hybridized carbons (Fsp3) is 0.300. The fourth-order valence-electron chi connectivity index (χ4n) is 1.10. The van der Waals surface area contributed by atoms with E-state index in [1.807, 2.05) is 13.0 Å². The molecule has 0 spiro atoms. The zero-order valence-electron chi connectivity index (χ0n) is 7.90. The maximum absolute atomic E-state index is 5.30. The average Bonchev–Trinajstić information content (AvgIpc) is 2.85. The van der Waals surface area contributed by atoms with Crippen LogP contribution in [0.25, 0.3) is 10.6 Å². The van der Waals surface area contributed by atoms with Crippen molar-refractivity contribution in [3.8, 4) is 10.6 Å². The molecule has 0 saturated heterocycles. The van der Waals surface area contributed by atoms with E-state index in [1.165, 1.54) is 4.88 Å². The van der Waals surface area contributed by atoms with E-state index in [2.05, 4.69) is 21.8 Å². The van der Waals surface area contributed by atoms with Crippen molar-refractivity contribution in [3.05, 3.63) is 27.9 Å². The van der Waals surface area contributed by atoms with Crippen LogP contribution in [0, 0.1) is 0 Å². The number of rotatable bonds is 4. The third-order valence-electron chi connectivity index (χ3n) is 1.76. The van der Waals surface area contributed by atoms with E-state index in [-0.39, 0.29) is 0 Å². The van der Waals surface area contributed by atoms with Crippen molar-refractivity contribution in [1.82, 2.24) is 4.98 Å². The molecule has 14 heavy (non-hydrogen) atoms. The van der Waals surface area contributed by atoms with Gasteiger partial charge in [0.1, 0.15) is 5.01 Å². The molecule has 2 heterocycles. The number of thiophene rings is 1. The smallest absolute Gasteiger partial charge is 0.119 e. The van der Waals surface area contributed by atoms with E-state index >= 15 is 0 Å². The van der Waals surface area contributed by atoms with Crippen LogP contribution < -0.4 is 0 Å². The second-order valence-corrected chi connectivity index (χ2v) is 4.63. The standard InChI is InChI=1S/C10H11NOS2/c1-2-12-6-10-11-8(7-14-10)9-4-3-5-13-9/h3-5,7H,2,6H2,1H3.